The van der Waals surface area contributed by atoms with E-state index in [1.54, 1.807) is 0 Å². The maximum atomic E-state index is 12.8. The number of hydrogen-bond donors (Lipinski definition) is 1. The van der Waals surface area contributed by atoms with Gasteiger partial charge in [0.1, 0.15) is 0 Å². The molecule has 3 rings (SSSR count). The Morgan fingerprint density at radius 3 is 2.32 bits per heavy atom. The van der Waals surface area contributed by atoms with Gasteiger partial charge in [0.05, 0.1) is 12.5 Å². The van der Waals surface area contributed by atoms with Crippen molar-refractivity contribution >= 4 is 30.7 Å². The van der Waals surface area contributed by atoms with Crippen LogP contribution in [-0.4, -0.2) is 42.4 Å². The zero-order valence-electron chi connectivity index (χ0n) is 16.4. The number of halogens is 2. The van der Waals surface area contributed by atoms with Crippen LogP contribution in [0.15, 0.2) is 54.6 Å². The molecule has 1 aliphatic heterocycles. The molecule has 1 aliphatic rings. The minimum atomic E-state index is 0. The number of nitrogens with two attached hydrogens (primary N) is 1. The van der Waals surface area contributed by atoms with Crippen LogP contribution in [0, 0.1) is 0 Å². The van der Waals surface area contributed by atoms with Crippen LogP contribution >= 0.6 is 24.8 Å². The molecule has 154 valence electrons. The maximum absolute atomic E-state index is 12.8. The number of likely N-dealkylation sites (tertiary alicyclic amines) is 1. The molecule has 1 saturated heterocycles. The molecule has 2 N–H and O–H groups in total. The first-order valence-corrected chi connectivity index (χ1v) is 9.48. The number of nitrogens with zero attached hydrogens (tertiary/aromatic N) is 2. The first-order chi connectivity index (χ1) is 12.7. The van der Waals surface area contributed by atoms with Gasteiger partial charge < -0.3 is 10.6 Å². The molecule has 0 aromatic heterocycles. The minimum Gasteiger partial charge on any atom is -0.344 e. The van der Waals surface area contributed by atoms with Gasteiger partial charge in [0, 0.05) is 20.1 Å². The van der Waals surface area contributed by atoms with E-state index < -0.39 is 0 Å². The third-order valence-electron chi connectivity index (χ3n) is 5.22. The molecule has 0 spiro atoms. The molecule has 1 unspecified atom stereocenters. The molecular formula is C22H31Cl2N3O. The minimum absolute atomic E-state index is 0. The second-order valence-corrected chi connectivity index (χ2v) is 7.14. The standard InChI is InChI=1S/C22H29N3O.2ClH/c1-24(22(26)15-18-8-7-9-19(14-18)16-23)17-21(25-12-5-6-13-25)20-10-3-2-4-11-20;;/h2-4,7-11,14,21H,5-6,12-13,15-17,23H2,1H3;2*1H. The molecule has 0 bridgehead atoms. The van der Waals surface area contributed by atoms with Crippen molar-refractivity contribution in [3.05, 3.63) is 71.3 Å². The lowest BCUT2D eigenvalue weighted by Crippen LogP contribution is -2.38. The SMILES string of the molecule is CN(CC(c1ccccc1)N1CCCC1)C(=O)Cc1cccc(CN)c1.Cl.Cl. The monoisotopic (exact) mass is 423 g/mol. The molecule has 2 aromatic carbocycles. The molecule has 6 heteroatoms. The highest BCUT2D eigenvalue weighted by Crippen LogP contribution is 2.26. The summed E-state index contributed by atoms with van der Waals surface area (Å²) in [5, 5.41) is 0. The van der Waals surface area contributed by atoms with E-state index in [1.807, 2.05) is 42.3 Å². The summed E-state index contributed by atoms with van der Waals surface area (Å²) in [6.45, 7) is 3.45. The molecular weight excluding hydrogens is 393 g/mol. The summed E-state index contributed by atoms with van der Waals surface area (Å²) in [5.74, 6) is 0.152. The zero-order chi connectivity index (χ0) is 18.4. The van der Waals surface area contributed by atoms with Crippen LogP contribution in [0.5, 0.6) is 0 Å². The van der Waals surface area contributed by atoms with E-state index in [4.69, 9.17) is 5.73 Å². The van der Waals surface area contributed by atoms with Gasteiger partial charge in [-0.05, 0) is 42.6 Å². The van der Waals surface area contributed by atoms with Crippen molar-refractivity contribution in [2.45, 2.75) is 31.8 Å². The highest BCUT2D eigenvalue weighted by molar-refractivity contribution is 5.85. The Kier molecular flexibility index (Phi) is 10.5. The van der Waals surface area contributed by atoms with Crippen LogP contribution in [0.3, 0.4) is 0 Å². The Hall–Kier alpha value is -1.59. The third-order valence-corrected chi connectivity index (χ3v) is 5.22. The fourth-order valence-corrected chi connectivity index (χ4v) is 3.70. The van der Waals surface area contributed by atoms with Crippen LogP contribution in [-0.2, 0) is 17.8 Å². The summed E-state index contributed by atoms with van der Waals surface area (Å²) < 4.78 is 0. The fraction of sp³-hybridized carbons (Fsp3) is 0.409. The van der Waals surface area contributed by atoms with E-state index >= 15 is 0 Å². The first kappa shape index (κ1) is 24.4. The van der Waals surface area contributed by atoms with Crippen LogP contribution in [0.2, 0.25) is 0 Å². The van der Waals surface area contributed by atoms with Gasteiger partial charge in [-0.1, -0.05) is 54.6 Å². The van der Waals surface area contributed by atoms with Crippen LogP contribution in [0.25, 0.3) is 0 Å². The molecule has 1 atom stereocenters. The van der Waals surface area contributed by atoms with Gasteiger partial charge in [0.15, 0.2) is 0 Å². The average Bonchev–Trinajstić information content (AvgIpc) is 3.21. The molecule has 4 nitrogen and oxygen atoms in total. The van der Waals surface area contributed by atoms with Gasteiger partial charge in [-0.3, -0.25) is 9.69 Å². The molecule has 0 saturated carbocycles. The van der Waals surface area contributed by atoms with Gasteiger partial charge in [0.25, 0.3) is 0 Å². The van der Waals surface area contributed by atoms with E-state index in [1.165, 1.54) is 18.4 Å². The molecule has 0 radical (unpaired) electrons. The number of rotatable bonds is 7. The highest BCUT2D eigenvalue weighted by atomic mass is 35.5. The van der Waals surface area contributed by atoms with Crippen molar-refractivity contribution in [3.63, 3.8) is 0 Å². The number of hydrogen-bond acceptors (Lipinski definition) is 3. The lowest BCUT2D eigenvalue weighted by molar-refractivity contribution is -0.129. The number of amides is 1. The second-order valence-electron chi connectivity index (χ2n) is 7.14. The topological polar surface area (TPSA) is 49.6 Å². The van der Waals surface area contributed by atoms with E-state index in [2.05, 4.69) is 29.2 Å². The van der Waals surface area contributed by atoms with Crippen molar-refractivity contribution in [2.24, 2.45) is 5.73 Å². The van der Waals surface area contributed by atoms with Crippen molar-refractivity contribution in [3.8, 4) is 0 Å². The smallest absolute Gasteiger partial charge is 0.226 e. The predicted octanol–water partition coefficient (Wildman–Crippen LogP) is 3.83. The maximum Gasteiger partial charge on any atom is 0.226 e. The van der Waals surface area contributed by atoms with Crippen LogP contribution < -0.4 is 5.73 Å². The lowest BCUT2D eigenvalue weighted by atomic mass is 10.0. The molecule has 0 aliphatic carbocycles. The van der Waals surface area contributed by atoms with Crippen LogP contribution in [0.4, 0.5) is 0 Å². The van der Waals surface area contributed by atoms with Gasteiger partial charge in [-0.15, -0.1) is 24.8 Å². The van der Waals surface area contributed by atoms with Crippen LogP contribution in [0.1, 0.15) is 35.6 Å². The normalized spacial score (nSPS) is 14.6. The quantitative estimate of drug-likeness (QED) is 0.735. The van der Waals surface area contributed by atoms with Gasteiger partial charge in [-0.25, -0.2) is 0 Å². The number of carbonyl (C=O) groups is 1. The second kappa shape index (κ2) is 12.1. The number of carbonyl (C=O) groups excluding carboxylic acids is 1. The number of likely N-dealkylation sites (N-methyl/N-ethyl adjacent to an activating group) is 1. The van der Waals surface area contributed by atoms with Crippen molar-refractivity contribution in [1.82, 2.24) is 9.80 Å². The average molecular weight is 424 g/mol. The Labute approximate surface area is 180 Å². The summed E-state index contributed by atoms with van der Waals surface area (Å²) in [5.41, 5.74) is 9.10. The predicted molar refractivity (Wildman–Crippen MR) is 120 cm³/mol. The van der Waals surface area contributed by atoms with Gasteiger partial charge in [0.2, 0.25) is 5.91 Å². The van der Waals surface area contributed by atoms with Gasteiger partial charge >= 0.3 is 0 Å². The Morgan fingerprint density at radius 2 is 1.68 bits per heavy atom. The Bertz CT molecular complexity index is 721. The molecule has 2 aromatic rings. The first-order valence-electron chi connectivity index (χ1n) is 9.48. The molecule has 1 fully saturated rings. The van der Waals surface area contributed by atoms with E-state index in [0.717, 1.165) is 30.8 Å². The lowest BCUT2D eigenvalue weighted by Gasteiger charge is -2.32. The largest absolute Gasteiger partial charge is 0.344 e. The van der Waals surface area contributed by atoms with Crippen molar-refractivity contribution in [2.75, 3.05) is 26.7 Å². The summed E-state index contributed by atoms with van der Waals surface area (Å²) in [6, 6.07) is 18.8. The van der Waals surface area contributed by atoms with E-state index in [0.29, 0.717) is 13.0 Å². The summed E-state index contributed by atoms with van der Waals surface area (Å²) in [7, 11) is 1.92. The Morgan fingerprint density at radius 1 is 1.04 bits per heavy atom. The fourth-order valence-electron chi connectivity index (χ4n) is 3.70. The third kappa shape index (κ3) is 6.49. The molecule has 1 heterocycles. The summed E-state index contributed by atoms with van der Waals surface area (Å²) >= 11 is 0. The molecule has 1 amide bonds. The Balaban J connectivity index is 0.00000196. The summed E-state index contributed by atoms with van der Waals surface area (Å²) in [4.78, 5) is 17.2. The number of benzene rings is 2. The zero-order valence-corrected chi connectivity index (χ0v) is 18.1. The van der Waals surface area contributed by atoms with Crippen molar-refractivity contribution in [1.29, 1.82) is 0 Å². The molecule has 28 heavy (non-hydrogen) atoms. The van der Waals surface area contributed by atoms with E-state index in [-0.39, 0.29) is 36.8 Å². The highest BCUT2D eigenvalue weighted by Gasteiger charge is 2.26. The van der Waals surface area contributed by atoms with Crippen molar-refractivity contribution < 1.29 is 4.79 Å². The van der Waals surface area contributed by atoms with Gasteiger partial charge in [-0.2, -0.15) is 0 Å². The summed E-state index contributed by atoms with van der Waals surface area (Å²) in [6.07, 6.45) is 2.91. The van der Waals surface area contributed by atoms with E-state index in [9.17, 15) is 4.79 Å².